The number of hydrogen-bond donors (Lipinski definition) is 1. The van der Waals surface area contributed by atoms with Crippen LogP contribution in [0, 0.1) is 6.92 Å². The SMILES string of the molecule is Cc1cc(OC(F)(F)F)ccc1-c1cccc2c1C(=O)NC2=O. The lowest BCUT2D eigenvalue weighted by Crippen LogP contribution is -2.20. The third-order valence-electron chi connectivity index (χ3n) is 3.48. The summed E-state index contributed by atoms with van der Waals surface area (Å²) in [5, 5.41) is 2.20. The number of carbonyl (C=O) groups is 2. The van der Waals surface area contributed by atoms with Crippen LogP contribution in [0.15, 0.2) is 36.4 Å². The molecule has 0 aromatic heterocycles. The van der Waals surface area contributed by atoms with Crippen LogP contribution in [-0.2, 0) is 0 Å². The zero-order valence-corrected chi connectivity index (χ0v) is 11.8. The van der Waals surface area contributed by atoms with Crippen LogP contribution < -0.4 is 10.1 Å². The normalized spacial score (nSPS) is 13.7. The van der Waals surface area contributed by atoms with Crippen molar-refractivity contribution in [1.82, 2.24) is 5.32 Å². The Balaban J connectivity index is 2.08. The number of amides is 2. The third-order valence-corrected chi connectivity index (χ3v) is 3.48. The number of carbonyl (C=O) groups excluding carboxylic acids is 2. The Morgan fingerprint density at radius 3 is 2.30 bits per heavy atom. The molecule has 7 heteroatoms. The molecule has 0 bridgehead atoms. The highest BCUT2D eigenvalue weighted by Gasteiger charge is 2.32. The van der Waals surface area contributed by atoms with Gasteiger partial charge < -0.3 is 4.74 Å². The van der Waals surface area contributed by atoms with Crippen LogP contribution in [-0.4, -0.2) is 18.2 Å². The molecule has 4 nitrogen and oxygen atoms in total. The van der Waals surface area contributed by atoms with Crippen molar-refractivity contribution in [2.45, 2.75) is 13.3 Å². The summed E-state index contributed by atoms with van der Waals surface area (Å²) >= 11 is 0. The molecule has 0 fully saturated rings. The smallest absolute Gasteiger partial charge is 0.406 e. The number of imide groups is 1. The van der Waals surface area contributed by atoms with Gasteiger partial charge in [-0.05, 0) is 41.8 Å². The van der Waals surface area contributed by atoms with Gasteiger partial charge >= 0.3 is 6.36 Å². The van der Waals surface area contributed by atoms with E-state index in [9.17, 15) is 22.8 Å². The van der Waals surface area contributed by atoms with Gasteiger partial charge in [-0.1, -0.05) is 18.2 Å². The lowest BCUT2D eigenvalue weighted by Gasteiger charge is -2.13. The van der Waals surface area contributed by atoms with E-state index in [4.69, 9.17) is 0 Å². The van der Waals surface area contributed by atoms with E-state index in [2.05, 4.69) is 10.1 Å². The standard InChI is InChI=1S/C16H10F3NO3/c1-8-7-9(23-16(17,18)19)5-6-10(8)11-3-2-4-12-13(11)15(22)20-14(12)21/h2-7H,1H3,(H,20,21,22). The lowest BCUT2D eigenvalue weighted by molar-refractivity contribution is -0.274. The number of fused-ring (bicyclic) bond motifs is 1. The fourth-order valence-electron chi connectivity index (χ4n) is 2.58. The van der Waals surface area contributed by atoms with Crippen molar-refractivity contribution in [3.05, 3.63) is 53.1 Å². The molecule has 1 N–H and O–H groups in total. The van der Waals surface area contributed by atoms with E-state index < -0.39 is 18.2 Å². The molecular formula is C16H10F3NO3. The van der Waals surface area contributed by atoms with Crippen molar-refractivity contribution < 1.29 is 27.5 Å². The number of rotatable bonds is 2. The monoisotopic (exact) mass is 321 g/mol. The van der Waals surface area contributed by atoms with Gasteiger partial charge in [0.2, 0.25) is 0 Å². The summed E-state index contributed by atoms with van der Waals surface area (Å²) in [6.07, 6.45) is -4.77. The van der Waals surface area contributed by atoms with Gasteiger partial charge in [0, 0.05) is 0 Å². The van der Waals surface area contributed by atoms with Gasteiger partial charge in [0.05, 0.1) is 11.1 Å². The minimum Gasteiger partial charge on any atom is -0.406 e. The Morgan fingerprint density at radius 1 is 0.957 bits per heavy atom. The van der Waals surface area contributed by atoms with Crippen molar-refractivity contribution in [2.24, 2.45) is 0 Å². The molecule has 0 saturated carbocycles. The molecule has 0 aliphatic carbocycles. The average molecular weight is 321 g/mol. The van der Waals surface area contributed by atoms with Crippen molar-refractivity contribution >= 4 is 11.8 Å². The highest BCUT2D eigenvalue weighted by atomic mass is 19.4. The van der Waals surface area contributed by atoms with E-state index in [0.717, 1.165) is 0 Å². The maximum atomic E-state index is 12.3. The molecule has 0 unspecified atom stereocenters. The molecule has 1 heterocycles. The first-order valence-corrected chi connectivity index (χ1v) is 6.62. The number of alkyl halides is 3. The number of aryl methyl sites for hydroxylation is 1. The fourth-order valence-corrected chi connectivity index (χ4v) is 2.58. The first-order valence-electron chi connectivity index (χ1n) is 6.62. The summed E-state index contributed by atoms with van der Waals surface area (Å²) in [5.41, 5.74) is 2.02. The molecule has 118 valence electrons. The Hall–Kier alpha value is -2.83. The number of nitrogens with one attached hydrogen (secondary N) is 1. The van der Waals surface area contributed by atoms with Crippen LogP contribution in [0.5, 0.6) is 5.75 Å². The van der Waals surface area contributed by atoms with E-state index in [0.29, 0.717) is 16.7 Å². The van der Waals surface area contributed by atoms with Crippen molar-refractivity contribution in [2.75, 3.05) is 0 Å². The minimum atomic E-state index is -4.77. The van der Waals surface area contributed by atoms with Crippen LogP contribution >= 0.6 is 0 Å². The summed E-state index contributed by atoms with van der Waals surface area (Å²) in [6, 6.07) is 8.62. The fraction of sp³-hybridized carbons (Fsp3) is 0.125. The third kappa shape index (κ3) is 2.77. The van der Waals surface area contributed by atoms with Gasteiger partial charge in [0.15, 0.2) is 0 Å². The lowest BCUT2D eigenvalue weighted by atomic mass is 9.93. The molecular weight excluding hydrogens is 311 g/mol. The number of hydrogen-bond acceptors (Lipinski definition) is 3. The highest BCUT2D eigenvalue weighted by Crippen LogP contribution is 2.34. The van der Waals surface area contributed by atoms with Crippen LogP contribution in [0.2, 0.25) is 0 Å². The maximum Gasteiger partial charge on any atom is 0.573 e. The molecule has 3 rings (SSSR count). The first-order chi connectivity index (χ1) is 10.8. The number of benzene rings is 2. The van der Waals surface area contributed by atoms with Gasteiger partial charge in [-0.2, -0.15) is 0 Å². The van der Waals surface area contributed by atoms with Crippen LogP contribution in [0.3, 0.4) is 0 Å². The van der Waals surface area contributed by atoms with Gasteiger partial charge in [-0.15, -0.1) is 13.2 Å². The van der Waals surface area contributed by atoms with Crippen molar-refractivity contribution in [1.29, 1.82) is 0 Å². The molecule has 0 radical (unpaired) electrons. The topological polar surface area (TPSA) is 55.4 Å². The Labute approximate surface area is 128 Å². The van der Waals surface area contributed by atoms with Gasteiger partial charge in [-0.3, -0.25) is 14.9 Å². The Morgan fingerprint density at radius 2 is 1.65 bits per heavy atom. The largest absolute Gasteiger partial charge is 0.573 e. The van der Waals surface area contributed by atoms with Crippen LogP contribution in [0.4, 0.5) is 13.2 Å². The number of halogens is 3. The van der Waals surface area contributed by atoms with Gasteiger partial charge in [0.25, 0.3) is 11.8 Å². The Kier molecular flexibility index (Phi) is 3.35. The second kappa shape index (κ2) is 5.12. The summed E-state index contributed by atoms with van der Waals surface area (Å²) in [5.74, 6) is -1.34. The molecule has 1 aliphatic rings. The van der Waals surface area contributed by atoms with Crippen LogP contribution in [0.1, 0.15) is 26.3 Å². The summed E-state index contributed by atoms with van der Waals surface area (Å²) in [4.78, 5) is 23.6. The molecule has 23 heavy (non-hydrogen) atoms. The first kappa shape index (κ1) is 15.1. The summed E-state index contributed by atoms with van der Waals surface area (Å²) in [6.45, 7) is 1.60. The number of ether oxygens (including phenoxy) is 1. The maximum absolute atomic E-state index is 12.3. The zero-order chi connectivity index (χ0) is 16.8. The molecule has 0 saturated heterocycles. The Bertz CT molecular complexity index is 828. The van der Waals surface area contributed by atoms with E-state index in [1.54, 1.807) is 19.1 Å². The average Bonchev–Trinajstić information content (AvgIpc) is 2.73. The molecule has 0 atom stereocenters. The van der Waals surface area contributed by atoms with Crippen LogP contribution in [0.25, 0.3) is 11.1 Å². The zero-order valence-electron chi connectivity index (χ0n) is 11.8. The predicted molar refractivity (Wildman–Crippen MR) is 75.1 cm³/mol. The summed E-state index contributed by atoms with van der Waals surface area (Å²) in [7, 11) is 0. The van der Waals surface area contributed by atoms with E-state index in [-0.39, 0.29) is 16.9 Å². The van der Waals surface area contributed by atoms with Crippen molar-refractivity contribution in [3.8, 4) is 16.9 Å². The summed E-state index contributed by atoms with van der Waals surface area (Å²) < 4.78 is 40.6. The minimum absolute atomic E-state index is 0.227. The van der Waals surface area contributed by atoms with E-state index in [1.165, 1.54) is 24.3 Å². The quantitative estimate of drug-likeness (QED) is 0.862. The van der Waals surface area contributed by atoms with Crippen molar-refractivity contribution in [3.63, 3.8) is 0 Å². The molecule has 0 spiro atoms. The molecule has 2 aromatic carbocycles. The molecule has 2 amide bonds. The van der Waals surface area contributed by atoms with E-state index in [1.807, 2.05) is 0 Å². The van der Waals surface area contributed by atoms with Gasteiger partial charge in [0.1, 0.15) is 5.75 Å². The second-order valence-corrected chi connectivity index (χ2v) is 5.04. The molecule has 1 aliphatic heterocycles. The van der Waals surface area contributed by atoms with Gasteiger partial charge in [-0.25, -0.2) is 0 Å². The van der Waals surface area contributed by atoms with E-state index >= 15 is 0 Å². The predicted octanol–water partition coefficient (Wildman–Crippen LogP) is 3.44. The highest BCUT2D eigenvalue weighted by molar-refractivity contribution is 6.24. The molecule has 2 aromatic rings. The second-order valence-electron chi connectivity index (χ2n) is 5.04.